The van der Waals surface area contributed by atoms with Gasteiger partial charge in [-0.25, -0.2) is 0 Å². The lowest BCUT2D eigenvalue weighted by molar-refractivity contribution is 0.0184. The van der Waals surface area contributed by atoms with E-state index in [-0.39, 0.29) is 17.2 Å². The van der Waals surface area contributed by atoms with Crippen LogP contribution in [0.2, 0.25) is 0 Å². The lowest BCUT2D eigenvalue weighted by Gasteiger charge is -2.28. The topological polar surface area (TPSA) is 53.4 Å². The van der Waals surface area contributed by atoms with Crippen LogP contribution in [-0.2, 0) is 4.74 Å². The van der Waals surface area contributed by atoms with Crippen LogP contribution < -0.4 is 4.74 Å². The molecule has 0 amide bonds. The van der Waals surface area contributed by atoms with Crippen LogP contribution in [0.5, 0.6) is 5.75 Å². The molecular formula is C14H24N2O3. The molecule has 0 spiro atoms. The third-order valence-corrected chi connectivity index (χ3v) is 2.96. The smallest absolute Gasteiger partial charge is 0.213 e. The van der Waals surface area contributed by atoms with Gasteiger partial charge < -0.3 is 9.47 Å². The molecule has 0 saturated carbocycles. The number of ketones is 1. The van der Waals surface area contributed by atoms with Crippen LogP contribution >= 0.6 is 0 Å². The molecule has 1 rings (SSSR count). The number of methoxy groups -OCH3 is 2. The van der Waals surface area contributed by atoms with Gasteiger partial charge in [-0.3, -0.25) is 9.48 Å². The number of aromatic nitrogens is 2. The zero-order valence-electron chi connectivity index (χ0n) is 12.9. The fraction of sp³-hybridized carbons (Fsp3) is 0.714. The maximum Gasteiger partial charge on any atom is 0.213 e. The second-order valence-electron chi connectivity index (χ2n) is 5.95. The molecule has 0 N–H and O–H groups in total. The molecular weight excluding hydrogens is 244 g/mol. The van der Waals surface area contributed by atoms with E-state index < -0.39 is 6.10 Å². The van der Waals surface area contributed by atoms with E-state index in [0.29, 0.717) is 11.4 Å². The molecule has 0 saturated heterocycles. The first-order chi connectivity index (χ1) is 8.73. The van der Waals surface area contributed by atoms with E-state index in [4.69, 9.17) is 9.47 Å². The molecule has 0 aliphatic rings. The molecule has 108 valence electrons. The normalized spacial score (nSPS) is 13.7. The Bertz CT molecular complexity index is 444. The summed E-state index contributed by atoms with van der Waals surface area (Å²) in [4.78, 5) is 12.7. The molecule has 0 bridgehead atoms. The van der Waals surface area contributed by atoms with Crippen molar-refractivity contribution in [2.75, 3.05) is 14.2 Å². The average Bonchev–Trinajstić information content (AvgIpc) is 2.71. The van der Waals surface area contributed by atoms with Gasteiger partial charge in [0.05, 0.1) is 13.3 Å². The van der Waals surface area contributed by atoms with Crippen LogP contribution in [0.3, 0.4) is 0 Å². The SMILES string of the molecule is COc1cnn(C(C)C)c1C(=O)C(OC)C(C)(C)C. The zero-order valence-corrected chi connectivity index (χ0v) is 12.9. The van der Waals surface area contributed by atoms with E-state index in [1.54, 1.807) is 18.0 Å². The van der Waals surface area contributed by atoms with Gasteiger partial charge >= 0.3 is 0 Å². The zero-order chi connectivity index (χ0) is 14.8. The van der Waals surface area contributed by atoms with Crippen molar-refractivity contribution in [3.05, 3.63) is 11.9 Å². The summed E-state index contributed by atoms with van der Waals surface area (Å²) in [5, 5.41) is 4.22. The van der Waals surface area contributed by atoms with Crippen molar-refractivity contribution in [3.63, 3.8) is 0 Å². The van der Waals surface area contributed by atoms with Crippen LogP contribution in [0, 0.1) is 5.41 Å². The van der Waals surface area contributed by atoms with Crippen LogP contribution in [0.15, 0.2) is 6.20 Å². The van der Waals surface area contributed by atoms with E-state index in [1.165, 1.54) is 7.11 Å². The highest BCUT2D eigenvalue weighted by atomic mass is 16.5. The second kappa shape index (κ2) is 5.74. The minimum Gasteiger partial charge on any atom is -0.493 e. The van der Waals surface area contributed by atoms with Gasteiger partial charge in [0.15, 0.2) is 5.75 Å². The molecule has 1 heterocycles. The van der Waals surface area contributed by atoms with E-state index in [0.717, 1.165) is 0 Å². The molecule has 0 aromatic carbocycles. The maximum absolute atomic E-state index is 12.7. The summed E-state index contributed by atoms with van der Waals surface area (Å²) in [5.41, 5.74) is 0.183. The third kappa shape index (κ3) is 3.15. The van der Waals surface area contributed by atoms with Gasteiger partial charge in [0, 0.05) is 13.2 Å². The summed E-state index contributed by atoms with van der Waals surface area (Å²) in [7, 11) is 3.09. The molecule has 0 fully saturated rings. The summed E-state index contributed by atoms with van der Waals surface area (Å²) in [6.45, 7) is 9.87. The predicted octanol–water partition coefficient (Wildman–Crippen LogP) is 2.72. The molecule has 5 nitrogen and oxygen atoms in total. The van der Waals surface area contributed by atoms with Crippen LogP contribution in [0.25, 0.3) is 0 Å². The first-order valence-corrected chi connectivity index (χ1v) is 6.42. The molecule has 1 atom stereocenters. The van der Waals surface area contributed by atoms with Gasteiger partial charge in [0.25, 0.3) is 0 Å². The van der Waals surface area contributed by atoms with Gasteiger partial charge in [-0.05, 0) is 19.3 Å². The maximum atomic E-state index is 12.7. The van der Waals surface area contributed by atoms with E-state index >= 15 is 0 Å². The van der Waals surface area contributed by atoms with E-state index in [9.17, 15) is 4.79 Å². The number of carbonyl (C=O) groups is 1. The highest BCUT2D eigenvalue weighted by molar-refractivity contribution is 6.00. The number of carbonyl (C=O) groups excluding carboxylic acids is 1. The lowest BCUT2D eigenvalue weighted by Crippen LogP contribution is -2.37. The van der Waals surface area contributed by atoms with Crippen LogP contribution in [0.1, 0.15) is 51.1 Å². The van der Waals surface area contributed by atoms with Crippen LogP contribution in [0.4, 0.5) is 0 Å². The second-order valence-corrected chi connectivity index (χ2v) is 5.95. The monoisotopic (exact) mass is 268 g/mol. The Morgan fingerprint density at radius 3 is 2.26 bits per heavy atom. The van der Waals surface area contributed by atoms with Gasteiger partial charge in [-0.2, -0.15) is 5.10 Å². The summed E-state index contributed by atoms with van der Waals surface area (Å²) in [6.07, 6.45) is 1.04. The molecule has 1 unspecified atom stereocenters. The first kappa shape index (κ1) is 15.7. The van der Waals surface area contributed by atoms with Crippen molar-refractivity contribution < 1.29 is 14.3 Å². The van der Waals surface area contributed by atoms with E-state index in [1.807, 2.05) is 34.6 Å². The fourth-order valence-corrected chi connectivity index (χ4v) is 2.10. The number of ether oxygens (including phenoxy) is 2. The molecule has 5 heteroatoms. The molecule has 19 heavy (non-hydrogen) atoms. The van der Waals surface area contributed by atoms with Crippen molar-refractivity contribution >= 4 is 5.78 Å². The van der Waals surface area contributed by atoms with Crippen LogP contribution in [-0.4, -0.2) is 35.9 Å². The number of nitrogens with zero attached hydrogens (tertiary/aromatic N) is 2. The Labute approximate surface area is 114 Å². The number of hydrogen-bond donors (Lipinski definition) is 0. The summed E-state index contributed by atoms with van der Waals surface area (Å²) >= 11 is 0. The predicted molar refractivity (Wildman–Crippen MR) is 73.7 cm³/mol. The van der Waals surface area contributed by atoms with Crippen molar-refractivity contribution in [1.29, 1.82) is 0 Å². The Hall–Kier alpha value is -1.36. The van der Waals surface area contributed by atoms with Gasteiger partial charge in [0.2, 0.25) is 5.78 Å². The number of rotatable bonds is 5. The Balaban J connectivity index is 3.28. The van der Waals surface area contributed by atoms with Gasteiger partial charge in [-0.15, -0.1) is 0 Å². The Kier molecular flexibility index (Phi) is 4.74. The standard InChI is InChI=1S/C14H24N2O3/c1-9(2)16-11(10(18-6)8-15-16)12(17)13(19-7)14(3,4)5/h8-9,13H,1-7H3. The van der Waals surface area contributed by atoms with Gasteiger partial charge in [0.1, 0.15) is 11.8 Å². The Morgan fingerprint density at radius 1 is 1.32 bits per heavy atom. The van der Waals surface area contributed by atoms with Crippen molar-refractivity contribution in [1.82, 2.24) is 9.78 Å². The fourth-order valence-electron chi connectivity index (χ4n) is 2.10. The molecule has 0 aliphatic carbocycles. The quantitative estimate of drug-likeness (QED) is 0.770. The molecule has 1 aromatic heterocycles. The molecule has 0 radical (unpaired) electrons. The van der Waals surface area contributed by atoms with Crippen molar-refractivity contribution in [2.24, 2.45) is 5.41 Å². The summed E-state index contributed by atoms with van der Waals surface area (Å²) < 4.78 is 12.3. The number of Topliss-reactive ketones (excluding diaryl/α,β-unsaturated/α-hetero) is 1. The number of hydrogen-bond acceptors (Lipinski definition) is 4. The summed E-state index contributed by atoms with van der Waals surface area (Å²) in [6, 6.07) is 0.0836. The average molecular weight is 268 g/mol. The third-order valence-electron chi connectivity index (χ3n) is 2.96. The van der Waals surface area contributed by atoms with E-state index in [2.05, 4.69) is 5.10 Å². The highest BCUT2D eigenvalue weighted by Crippen LogP contribution is 2.29. The summed E-state index contributed by atoms with van der Waals surface area (Å²) in [5.74, 6) is 0.392. The largest absolute Gasteiger partial charge is 0.493 e. The first-order valence-electron chi connectivity index (χ1n) is 6.42. The van der Waals surface area contributed by atoms with Crippen molar-refractivity contribution in [2.45, 2.75) is 46.8 Å². The van der Waals surface area contributed by atoms with Gasteiger partial charge in [-0.1, -0.05) is 20.8 Å². The lowest BCUT2D eigenvalue weighted by atomic mass is 9.85. The molecule has 0 aliphatic heterocycles. The minimum atomic E-state index is -0.532. The highest BCUT2D eigenvalue weighted by Gasteiger charge is 2.36. The molecule has 1 aromatic rings. The minimum absolute atomic E-state index is 0.0836. The van der Waals surface area contributed by atoms with Crippen molar-refractivity contribution in [3.8, 4) is 5.75 Å². The Morgan fingerprint density at radius 2 is 1.89 bits per heavy atom.